The molecular formula is C38H48N4O9S. The Morgan fingerprint density at radius 2 is 1.87 bits per heavy atom. The molecule has 14 heteroatoms. The Morgan fingerprint density at radius 3 is 2.56 bits per heavy atom. The molecule has 2 aliphatic heterocycles. The number of nitrogens with zero attached hydrogens (tertiary/aromatic N) is 1. The lowest BCUT2D eigenvalue weighted by molar-refractivity contribution is -0.141. The standard InChI is InChI=1S/C38H48N4O9S/c1-4-27-21-38(27,36(45)41-52(47,48)30-15-16-30)40-34(43)31-20-29-22-42(31)35(44)33(24(2)3)39-37(46)49-18-10-6-7-11-25-14-17-32(26(19-25)23-50-29)51-28-12-8-5-9-13-28/h4-5,8-9,12-14,17,19,24,27,29-31,33H,1,6-7,10-11,15-16,18,20-23H2,2-3H3,(H,39,46)(H,40,43)(H,41,45)/t27-,29+,31-,33-,38+/m0/s1. The summed E-state index contributed by atoms with van der Waals surface area (Å²) in [5, 5.41) is 4.87. The molecule has 280 valence electrons. The van der Waals surface area contributed by atoms with E-state index >= 15 is 0 Å². The first-order chi connectivity index (χ1) is 24.9. The zero-order valence-corrected chi connectivity index (χ0v) is 30.5. The normalized spacial score (nSPS) is 27.0. The molecule has 4 bridgehead atoms. The number of cyclic esters (lactones) is 1. The number of benzene rings is 2. The van der Waals surface area contributed by atoms with Gasteiger partial charge in [-0.05, 0) is 80.7 Å². The van der Waals surface area contributed by atoms with Gasteiger partial charge in [0.2, 0.25) is 21.8 Å². The minimum atomic E-state index is -3.88. The number of sulfonamides is 1. The summed E-state index contributed by atoms with van der Waals surface area (Å²) in [5.41, 5.74) is 0.375. The van der Waals surface area contributed by atoms with Crippen LogP contribution >= 0.6 is 0 Å². The molecule has 0 radical (unpaired) electrons. The quantitative estimate of drug-likeness (QED) is 0.321. The van der Waals surface area contributed by atoms with Crippen LogP contribution in [-0.4, -0.2) is 79.3 Å². The summed E-state index contributed by atoms with van der Waals surface area (Å²) in [7, 11) is -3.88. The molecule has 3 N–H and O–H groups in total. The van der Waals surface area contributed by atoms with Crippen molar-refractivity contribution in [2.45, 2.75) is 101 Å². The number of fused-ring (bicyclic) bond motifs is 4. The van der Waals surface area contributed by atoms with Crippen LogP contribution in [0.4, 0.5) is 4.79 Å². The van der Waals surface area contributed by atoms with Crippen molar-refractivity contribution in [1.82, 2.24) is 20.3 Å². The van der Waals surface area contributed by atoms with Crippen molar-refractivity contribution in [3.63, 3.8) is 0 Å². The molecular weight excluding hydrogens is 689 g/mol. The van der Waals surface area contributed by atoms with Gasteiger partial charge >= 0.3 is 6.09 Å². The zero-order valence-electron chi connectivity index (χ0n) is 29.7. The summed E-state index contributed by atoms with van der Waals surface area (Å²) in [5.74, 6) is -1.51. The van der Waals surface area contributed by atoms with Crippen LogP contribution in [0.2, 0.25) is 0 Å². The van der Waals surface area contributed by atoms with Crippen molar-refractivity contribution in [3.8, 4) is 11.5 Å². The summed E-state index contributed by atoms with van der Waals surface area (Å²) in [6.07, 6.45) is 4.55. The third-order valence-electron chi connectivity index (χ3n) is 10.2. The Bertz CT molecular complexity index is 1780. The number of carbonyl (C=O) groups excluding carboxylic acids is 4. The van der Waals surface area contributed by atoms with E-state index in [4.69, 9.17) is 14.2 Å². The Balaban J connectivity index is 1.27. The van der Waals surface area contributed by atoms with Gasteiger partial charge < -0.3 is 29.7 Å². The molecule has 13 nitrogen and oxygen atoms in total. The van der Waals surface area contributed by atoms with Crippen LogP contribution in [0.25, 0.3) is 0 Å². The maximum Gasteiger partial charge on any atom is 0.407 e. The largest absolute Gasteiger partial charge is 0.457 e. The van der Waals surface area contributed by atoms with Crippen molar-refractivity contribution in [3.05, 3.63) is 72.3 Å². The van der Waals surface area contributed by atoms with Gasteiger partial charge in [-0.1, -0.05) is 44.2 Å². The molecule has 2 heterocycles. The Hall–Kier alpha value is -4.43. The lowest BCUT2D eigenvalue weighted by Gasteiger charge is -2.31. The fourth-order valence-electron chi connectivity index (χ4n) is 6.89. The average molecular weight is 737 g/mol. The molecule has 4 aliphatic rings. The van der Waals surface area contributed by atoms with Gasteiger partial charge in [0.05, 0.1) is 24.6 Å². The SMILES string of the molecule is C=C[C@H]1C[C@]1(NC(=O)[C@@H]1C[C@@H]2CN1C(=O)[C@H](C(C)C)NC(=O)OCCCCCc1ccc(Oc3ccccc3)c(c1)CO2)C(=O)NS(=O)(=O)C1CC1. The number of carbonyl (C=O) groups is 4. The van der Waals surface area contributed by atoms with E-state index in [9.17, 15) is 27.6 Å². The molecule has 0 spiro atoms. The molecule has 0 aromatic heterocycles. The number of amides is 4. The van der Waals surface area contributed by atoms with Crippen LogP contribution in [0.3, 0.4) is 0 Å². The van der Waals surface area contributed by atoms with E-state index in [1.54, 1.807) is 13.8 Å². The average Bonchev–Trinajstić information content (AvgIpc) is 4.05. The van der Waals surface area contributed by atoms with Gasteiger partial charge in [-0.15, -0.1) is 6.58 Å². The Kier molecular flexibility index (Phi) is 11.2. The molecule has 2 saturated carbocycles. The fraction of sp³-hybridized carbons (Fsp3) is 0.526. The number of rotatable bonds is 9. The molecule has 2 aromatic carbocycles. The van der Waals surface area contributed by atoms with Gasteiger partial charge in [0.25, 0.3) is 5.91 Å². The van der Waals surface area contributed by atoms with Crippen LogP contribution in [-0.2, 0) is 46.9 Å². The predicted octanol–water partition coefficient (Wildman–Crippen LogP) is 4.11. The number of para-hydroxylation sites is 1. The third-order valence-corrected chi connectivity index (χ3v) is 12.0. The van der Waals surface area contributed by atoms with E-state index in [0.717, 1.165) is 30.4 Å². The minimum Gasteiger partial charge on any atom is -0.457 e. The van der Waals surface area contributed by atoms with Crippen LogP contribution < -0.4 is 20.1 Å². The fourth-order valence-corrected chi connectivity index (χ4v) is 8.25. The van der Waals surface area contributed by atoms with Crippen molar-refractivity contribution in [1.29, 1.82) is 0 Å². The predicted molar refractivity (Wildman–Crippen MR) is 192 cm³/mol. The van der Waals surface area contributed by atoms with Crippen molar-refractivity contribution < 1.29 is 41.8 Å². The van der Waals surface area contributed by atoms with Gasteiger partial charge in [-0.3, -0.25) is 19.1 Å². The summed E-state index contributed by atoms with van der Waals surface area (Å²) in [4.78, 5) is 56.0. The maximum absolute atomic E-state index is 14.2. The summed E-state index contributed by atoms with van der Waals surface area (Å²) < 4.78 is 45.6. The van der Waals surface area contributed by atoms with E-state index in [2.05, 4.69) is 21.9 Å². The smallest absolute Gasteiger partial charge is 0.407 e. The third kappa shape index (κ3) is 8.60. The first-order valence-electron chi connectivity index (χ1n) is 18.1. The number of nitrogens with one attached hydrogen (secondary N) is 3. The molecule has 4 amide bonds. The first-order valence-corrected chi connectivity index (χ1v) is 19.7. The molecule has 0 unspecified atom stereocenters. The van der Waals surface area contributed by atoms with E-state index in [0.29, 0.717) is 30.8 Å². The second-order valence-corrected chi connectivity index (χ2v) is 16.5. The lowest BCUT2D eigenvalue weighted by Crippen LogP contribution is -2.59. The van der Waals surface area contributed by atoms with Gasteiger partial charge in [-0.2, -0.15) is 0 Å². The molecule has 52 heavy (non-hydrogen) atoms. The van der Waals surface area contributed by atoms with Crippen molar-refractivity contribution >= 4 is 33.8 Å². The van der Waals surface area contributed by atoms with Crippen LogP contribution in [0.5, 0.6) is 11.5 Å². The highest BCUT2D eigenvalue weighted by molar-refractivity contribution is 7.91. The van der Waals surface area contributed by atoms with Crippen LogP contribution in [0.1, 0.15) is 69.9 Å². The maximum atomic E-state index is 14.2. The first kappa shape index (κ1) is 37.3. The second kappa shape index (κ2) is 15.7. The second-order valence-electron chi connectivity index (χ2n) is 14.5. The summed E-state index contributed by atoms with van der Waals surface area (Å²) >= 11 is 0. The number of alkyl carbamates (subject to hydrolysis) is 1. The molecule has 5 atom stereocenters. The summed E-state index contributed by atoms with van der Waals surface area (Å²) in [6, 6.07) is 13.3. The van der Waals surface area contributed by atoms with Gasteiger partial charge in [0.15, 0.2) is 0 Å². The van der Waals surface area contributed by atoms with E-state index < -0.39 is 68.7 Å². The summed E-state index contributed by atoms with van der Waals surface area (Å²) in [6.45, 7) is 7.70. The molecule has 6 rings (SSSR count). The van der Waals surface area contributed by atoms with Gasteiger partial charge in [-0.25, -0.2) is 13.2 Å². The zero-order chi connectivity index (χ0) is 37.0. The molecule has 1 saturated heterocycles. The van der Waals surface area contributed by atoms with Gasteiger partial charge in [0, 0.05) is 24.4 Å². The molecule has 2 aliphatic carbocycles. The van der Waals surface area contributed by atoms with Gasteiger partial charge in [0.1, 0.15) is 29.1 Å². The highest BCUT2D eigenvalue weighted by Crippen LogP contribution is 2.45. The Morgan fingerprint density at radius 1 is 1.10 bits per heavy atom. The van der Waals surface area contributed by atoms with Crippen LogP contribution in [0, 0.1) is 11.8 Å². The minimum absolute atomic E-state index is 0.0333. The van der Waals surface area contributed by atoms with E-state index in [-0.39, 0.29) is 38.5 Å². The van der Waals surface area contributed by atoms with E-state index in [1.165, 1.54) is 11.0 Å². The molecule has 3 fully saturated rings. The number of ether oxygens (including phenoxy) is 3. The topological polar surface area (TPSA) is 169 Å². The van der Waals surface area contributed by atoms with Crippen molar-refractivity contribution in [2.24, 2.45) is 11.8 Å². The number of aryl methyl sites for hydroxylation is 1. The number of hydrogen-bond acceptors (Lipinski definition) is 9. The highest BCUT2D eigenvalue weighted by atomic mass is 32.2. The lowest BCUT2D eigenvalue weighted by atomic mass is 10.0. The number of hydrogen-bond donors (Lipinski definition) is 3. The van der Waals surface area contributed by atoms with Crippen molar-refractivity contribution in [2.75, 3.05) is 13.2 Å². The van der Waals surface area contributed by atoms with E-state index in [1.807, 2.05) is 48.5 Å². The highest BCUT2D eigenvalue weighted by Gasteiger charge is 2.62. The molecule has 2 aromatic rings. The van der Waals surface area contributed by atoms with Crippen LogP contribution in [0.15, 0.2) is 61.2 Å². The Labute approximate surface area is 304 Å². The monoisotopic (exact) mass is 736 g/mol.